The lowest BCUT2D eigenvalue weighted by Crippen LogP contribution is -2.28. The van der Waals surface area contributed by atoms with Gasteiger partial charge in [-0.25, -0.2) is 4.98 Å². The summed E-state index contributed by atoms with van der Waals surface area (Å²) in [4.78, 5) is 11.2. The molecule has 1 aliphatic rings. The molecule has 0 spiro atoms. The van der Waals surface area contributed by atoms with Crippen molar-refractivity contribution in [2.24, 2.45) is 0 Å². The summed E-state index contributed by atoms with van der Waals surface area (Å²) >= 11 is 3.50. The molecule has 0 atom stereocenters. The van der Waals surface area contributed by atoms with Crippen LogP contribution in [0.3, 0.4) is 0 Å². The Balaban J connectivity index is 1.89. The molecule has 2 heterocycles. The summed E-state index contributed by atoms with van der Waals surface area (Å²) in [6.07, 6.45) is 3.94. The zero-order valence-electron chi connectivity index (χ0n) is 13.8. The molecule has 7 heteroatoms. The molecule has 24 heavy (non-hydrogen) atoms. The second-order valence-corrected chi connectivity index (χ2v) is 6.53. The van der Waals surface area contributed by atoms with Crippen LogP contribution in [0.15, 0.2) is 34.9 Å². The first kappa shape index (κ1) is 17.0. The molecule has 1 aromatic heterocycles. The van der Waals surface area contributed by atoms with Gasteiger partial charge in [0.1, 0.15) is 5.82 Å². The van der Waals surface area contributed by atoms with Crippen LogP contribution >= 0.6 is 15.9 Å². The minimum Gasteiger partial charge on any atom is -0.383 e. The zero-order valence-corrected chi connectivity index (χ0v) is 15.3. The van der Waals surface area contributed by atoms with Crippen LogP contribution in [0, 0.1) is 0 Å². The summed E-state index contributed by atoms with van der Waals surface area (Å²) < 4.78 is 6.13. The molecule has 0 saturated heterocycles. The van der Waals surface area contributed by atoms with Gasteiger partial charge in [0, 0.05) is 44.3 Å². The summed E-state index contributed by atoms with van der Waals surface area (Å²) in [6, 6.07) is 8.34. The highest BCUT2D eigenvalue weighted by molar-refractivity contribution is 9.10. The molecular formula is C17H22BrN5O. The molecule has 2 aromatic rings. The van der Waals surface area contributed by atoms with E-state index in [1.807, 2.05) is 6.07 Å². The van der Waals surface area contributed by atoms with E-state index in [-0.39, 0.29) is 0 Å². The third-order valence-corrected chi connectivity index (χ3v) is 4.50. The molecule has 0 saturated carbocycles. The molecule has 0 fully saturated rings. The maximum atomic E-state index is 5.26. The van der Waals surface area contributed by atoms with E-state index in [9.17, 15) is 0 Å². The molecule has 1 aromatic carbocycles. The SMILES string of the molecule is COCCN1CCCCNc2nc(ncc2Br)Nc2cccc1c2. The fourth-order valence-corrected chi connectivity index (χ4v) is 3.00. The number of benzene rings is 1. The summed E-state index contributed by atoms with van der Waals surface area (Å²) in [6.45, 7) is 3.47. The number of aromatic nitrogens is 2. The van der Waals surface area contributed by atoms with Crippen molar-refractivity contribution >= 4 is 39.1 Å². The maximum absolute atomic E-state index is 5.26. The molecule has 2 N–H and O–H groups in total. The van der Waals surface area contributed by atoms with Crippen LogP contribution in [-0.2, 0) is 4.74 Å². The van der Waals surface area contributed by atoms with Gasteiger partial charge in [0.15, 0.2) is 0 Å². The number of anilines is 4. The van der Waals surface area contributed by atoms with Gasteiger partial charge in [0.2, 0.25) is 5.95 Å². The first-order chi connectivity index (χ1) is 11.8. The molecular weight excluding hydrogens is 370 g/mol. The predicted molar refractivity (Wildman–Crippen MR) is 101 cm³/mol. The Morgan fingerprint density at radius 1 is 1.33 bits per heavy atom. The Hall–Kier alpha value is -1.86. The molecule has 1 aliphatic heterocycles. The van der Waals surface area contributed by atoms with Gasteiger partial charge in [0.25, 0.3) is 0 Å². The fourth-order valence-electron chi connectivity index (χ4n) is 2.67. The van der Waals surface area contributed by atoms with Gasteiger partial charge in [-0.3, -0.25) is 0 Å². The third kappa shape index (κ3) is 4.36. The highest BCUT2D eigenvalue weighted by atomic mass is 79.9. The van der Waals surface area contributed by atoms with Crippen molar-refractivity contribution in [1.29, 1.82) is 0 Å². The van der Waals surface area contributed by atoms with Crippen LogP contribution in [0.5, 0.6) is 0 Å². The van der Waals surface area contributed by atoms with Gasteiger partial charge in [-0.1, -0.05) is 6.07 Å². The molecule has 4 bridgehead atoms. The minimum atomic E-state index is 0.584. The van der Waals surface area contributed by atoms with E-state index in [2.05, 4.69) is 59.6 Å². The number of halogens is 1. The second kappa shape index (κ2) is 8.30. The van der Waals surface area contributed by atoms with Gasteiger partial charge in [0.05, 0.1) is 11.1 Å². The van der Waals surface area contributed by atoms with Crippen molar-refractivity contribution in [2.45, 2.75) is 12.8 Å². The van der Waals surface area contributed by atoms with Gasteiger partial charge in [-0.15, -0.1) is 0 Å². The Morgan fingerprint density at radius 3 is 3.12 bits per heavy atom. The number of nitrogens with one attached hydrogen (secondary N) is 2. The lowest BCUT2D eigenvalue weighted by atomic mass is 10.2. The quantitative estimate of drug-likeness (QED) is 0.832. The first-order valence-corrected chi connectivity index (χ1v) is 8.93. The van der Waals surface area contributed by atoms with E-state index in [1.54, 1.807) is 13.3 Å². The Morgan fingerprint density at radius 2 is 2.25 bits per heavy atom. The largest absolute Gasteiger partial charge is 0.383 e. The summed E-state index contributed by atoms with van der Waals surface area (Å²) in [7, 11) is 1.74. The van der Waals surface area contributed by atoms with E-state index >= 15 is 0 Å². The van der Waals surface area contributed by atoms with Crippen LogP contribution in [0.2, 0.25) is 0 Å². The number of nitrogens with zero attached hydrogens (tertiary/aromatic N) is 3. The van der Waals surface area contributed by atoms with Crippen molar-refractivity contribution in [3.05, 3.63) is 34.9 Å². The van der Waals surface area contributed by atoms with Crippen LogP contribution < -0.4 is 15.5 Å². The number of rotatable bonds is 3. The predicted octanol–water partition coefficient (Wildman–Crippen LogP) is 3.64. The number of hydrogen-bond acceptors (Lipinski definition) is 6. The van der Waals surface area contributed by atoms with Crippen molar-refractivity contribution in [3.8, 4) is 0 Å². The van der Waals surface area contributed by atoms with E-state index in [1.165, 1.54) is 5.69 Å². The van der Waals surface area contributed by atoms with E-state index in [4.69, 9.17) is 4.74 Å². The van der Waals surface area contributed by atoms with E-state index < -0.39 is 0 Å². The highest BCUT2D eigenvalue weighted by Gasteiger charge is 2.10. The zero-order chi connectivity index (χ0) is 16.8. The normalized spacial score (nSPS) is 14.7. The van der Waals surface area contributed by atoms with Gasteiger partial charge >= 0.3 is 0 Å². The fraction of sp³-hybridized carbons (Fsp3) is 0.412. The number of hydrogen-bond donors (Lipinski definition) is 2. The average Bonchev–Trinajstić information content (AvgIpc) is 2.60. The summed E-state index contributed by atoms with van der Waals surface area (Å²) in [5.74, 6) is 1.40. The molecule has 0 aliphatic carbocycles. The highest BCUT2D eigenvalue weighted by Crippen LogP contribution is 2.25. The smallest absolute Gasteiger partial charge is 0.229 e. The van der Waals surface area contributed by atoms with Gasteiger partial charge < -0.3 is 20.3 Å². The van der Waals surface area contributed by atoms with Crippen molar-refractivity contribution in [3.63, 3.8) is 0 Å². The standard InChI is InChI=1S/C17H22BrN5O/c1-24-10-9-23-8-3-2-7-19-16-15(18)12-20-17(22-16)21-13-5-4-6-14(23)11-13/h4-6,11-12H,2-3,7-10H2,1H3,(H2,19,20,21,22). The third-order valence-electron chi connectivity index (χ3n) is 3.92. The molecule has 0 radical (unpaired) electrons. The molecule has 0 amide bonds. The Kier molecular flexibility index (Phi) is 5.87. The molecule has 6 nitrogen and oxygen atoms in total. The van der Waals surface area contributed by atoms with E-state index in [0.717, 1.165) is 48.5 Å². The Bertz CT molecular complexity index is 682. The number of ether oxygens (including phenoxy) is 1. The van der Waals surface area contributed by atoms with Crippen LogP contribution in [0.25, 0.3) is 0 Å². The van der Waals surface area contributed by atoms with Crippen LogP contribution in [-0.4, -0.2) is 43.3 Å². The number of methoxy groups -OCH3 is 1. The summed E-state index contributed by atoms with van der Waals surface area (Å²) in [5.41, 5.74) is 2.16. The lowest BCUT2D eigenvalue weighted by Gasteiger charge is -2.25. The first-order valence-electron chi connectivity index (χ1n) is 8.13. The van der Waals surface area contributed by atoms with Gasteiger partial charge in [-0.05, 0) is 47.0 Å². The second-order valence-electron chi connectivity index (χ2n) is 5.68. The monoisotopic (exact) mass is 391 g/mol. The van der Waals surface area contributed by atoms with Crippen molar-refractivity contribution < 1.29 is 4.74 Å². The Labute approximate surface area is 150 Å². The van der Waals surface area contributed by atoms with Crippen molar-refractivity contribution in [1.82, 2.24) is 9.97 Å². The number of fused-ring (bicyclic) bond motifs is 4. The summed E-state index contributed by atoms with van der Waals surface area (Å²) in [5, 5.41) is 6.66. The molecule has 128 valence electrons. The molecule has 3 rings (SSSR count). The van der Waals surface area contributed by atoms with Gasteiger partial charge in [-0.2, -0.15) is 4.98 Å². The van der Waals surface area contributed by atoms with Crippen molar-refractivity contribution in [2.75, 3.05) is 48.9 Å². The average molecular weight is 392 g/mol. The van der Waals surface area contributed by atoms with E-state index in [0.29, 0.717) is 12.6 Å². The minimum absolute atomic E-state index is 0.584. The van der Waals surface area contributed by atoms with Crippen LogP contribution in [0.1, 0.15) is 12.8 Å². The topological polar surface area (TPSA) is 62.3 Å². The maximum Gasteiger partial charge on any atom is 0.229 e. The van der Waals surface area contributed by atoms with Crippen LogP contribution in [0.4, 0.5) is 23.1 Å². The molecule has 0 unspecified atom stereocenters. The lowest BCUT2D eigenvalue weighted by molar-refractivity contribution is 0.205.